The number of aryl methyl sites for hydroxylation is 2. The van der Waals surface area contributed by atoms with E-state index in [0.29, 0.717) is 6.61 Å². The van der Waals surface area contributed by atoms with Crippen LogP contribution in [0.2, 0.25) is 0 Å². The fourth-order valence-electron chi connectivity index (χ4n) is 3.61. The second-order valence-electron chi connectivity index (χ2n) is 7.13. The van der Waals surface area contributed by atoms with Crippen LogP contribution in [0.25, 0.3) is 0 Å². The van der Waals surface area contributed by atoms with Crippen molar-refractivity contribution in [3.05, 3.63) is 47.2 Å². The molecule has 1 fully saturated rings. The van der Waals surface area contributed by atoms with Crippen LogP contribution < -0.4 is 4.74 Å². The van der Waals surface area contributed by atoms with E-state index >= 15 is 0 Å². The van der Waals surface area contributed by atoms with Crippen LogP contribution in [-0.2, 0) is 19.6 Å². The predicted molar refractivity (Wildman–Crippen MR) is 98.3 cm³/mol. The molecule has 3 nitrogen and oxygen atoms in total. The molecule has 0 unspecified atom stereocenters. The first kappa shape index (κ1) is 17.1. The molecule has 1 aromatic heterocycles. The Bertz CT molecular complexity index is 641. The summed E-state index contributed by atoms with van der Waals surface area (Å²) in [6.07, 6.45) is 8.95. The molecule has 1 aliphatic carbocycles. The van der Waals surface area contributed by atoms with Gasteiger partial charge in [-0.25, -0.2) is 4.68 Å². The van der Waals surface area contributed by atoms with Gasteiger partial charge in [0.2, 0.25) is 5.88 Å². The van der Waals surface area contributed by atoms with Crippen molar-refractivity contribution in [1.82, 2.24) is 9.78 Å². The van der Waals surface area contributed by atoms with Gasteiger partial charge in [0.25, 0.3) is 0 Å². The molecule has 0 N–H and O–H groups in total. The highest BCUT2D eigenvalue weighted by Gasteiger charge is 2.17. The summed E-state index contributed by atoms with van der Waals surface area (Å²) in [7, 11) is 0. The fraction of sp³-hybridized carbons (Fsp3) is 0.571. The third kappa shape index (κ3) is 4.40. The number of nitrogens with zero attached hydrogens (tertiary/aromatic N) is 2. The van der Waals surface area contributed by atoms with Crippen LogP contribution in [0.3, 0.4) is 0 Å². The number of hydrogen-bond donors (Lipinski definition) is 0. The first-order valence-corrected chi connectivity index (χ1v) is 9.50. The monoisotopic (exact) mass is 326 g/mol. The van der Waals surface area contributed by atoms with Gasteiger partial charge in [0.05, 0.1) is 5.69 Å². The van der Waals surface area contributed by atoms with E-state index in [0.717, 1.165) is 36.9 Å². The summed E-state index contributed by atoms with van der Waals surface area (Å²) in [5, 5.41) is 4.82. The van der Waals surface area contributed by atoms with Crippen LogP contribution in [0.1, 0.15) is 62.3 Å². The van der Waals surface area contributed by atoms with Gasteiger partial charge in [-0.05, 0) is 43.2 Å². The molecule has 3 rings (SSSR count). The molecule has 3 heteroatoms. The lowest BCUT2D eigenvalue weighted by Crippen LogP contribution is -2.16. The molecule has 1 aliphatic rings. The standard InChI is InChI=1S/C21H30N2O/c1-3-9-20-14-21(24-16-19-13-8-7-10-17(19)2)23(22-20)15-18-11-5-4-6-12-18/h7-8,10,13-14,18H,3-6,9,11-12,15-16H2,1-2H3. The van der Waals surface area contributed by atoms with Crippen molar-refractivity contribution in [3.8, 4) is 5.88 Å². The van der Waals surface area contributed by atoms with Gasteiger partial charge in [-0.3, -0.25) is 0 Å². The van der Waals surface area contributed by atoms with Crippen LogP contribution in [0.15, 0.2) is 30.3 Å². The van der Waals surface area contributed by atoms with E-state index < -0.39 is 0 Å². The lowest BCUT2D eigenvalue weighted by molar-refractivity contribution is 0.244. The SMILES string of the molecule is CCCc1cc(OCc2ccccc2C)n(CC2CCCCC2)n1. The summed E-state index contributed by atoms with van der Waals surface area (Å²) in [6.45, 7) is 5.97. The molecule has 0 aliphatic heterocycles. The Morgan fingerprint density at radius 1 is 1.17 bits per heavy atom. The summed E-state index contributed by atoms with van der Waals surface area (Å²) in [4.78, 5) is 0. The first-order chi connectivity index (χ1) is 11.8. The molecule has 1 heterocycles. The molecular weight excluding hydrogens is 296 g/mol. The minimum Gasteiger partial charge on any atom is -0.473 e. The number of aromatic nitrogens is 2. The highest BCUT2D eigenvalue weighted by Crippen LogP contribution is 2.27. The average molecular weight is 326 g/mol. The van der Waals surface area contributed by atoms with Crippen molar-refractivity contribution in [2.45, 2.75) is 71.9 Å². The Hall–Kier alpha value is -1.77. The van der Waals surface area contributed by atoms with Gasteiger partial charge in [-0.2, -0.15) is 5.10 Å². The summed E-state index contributed by atoms with van der Waals surface area (Å²) in [6, 6.07) is 10.6. The quantitative estimate of drug-likeness (QED) is 0.690. The third-order valence-corrected chi connectivity index (χ3v) is 5.09. The van der Waals surface area contributed by atoms with Gasteiger partial charge in [0.15, 0.2) is 0 Å². The largest absolute Gasteiger partial charge is 0.473 e. The minimum absolute atomic E-state index is 0.620. The molecule has 1 aromatic carbocycles. The van der Waals surface area contributed by atoms with Gasteiger partial charge in [-0.1, -0.05) is 56.9 Å². The molecule has 1 saturated carbocycles. The molecular formula is C21H30N2O. The van der Waals surface area contributed by atoms with E-state index in [4.69, 9.17) is 9.84 Å². The average Bonchev–Trinajstić information content (AvgIpc) is 2.97. The molecule has 0 bridgehead atoms. The van der Waals surface area contributed by atoms with Crippen LogP contribution in [0.4, 0.5) is 0 Å². The van der Waals surface area contributed by atoms with Crippen LogP contribution in [-0.4, -0.2) is 9.78 Å². The van der Waals surface area contributed by atoms with Gasteiger partial charge in [0, 0.05) is 12.6 Å². The van der Waals surface area contributed by atoms with E-state index in [1.54, 1.807) is 0 Å². The van der Waals surface area contributed by atoms with Gasteiger partial charge >= 0.3 is 0 Å². The smallest absolute Gasteiger partial charge is 0.212 e. The second-order valence-corrected chi connectivity index (χ2v) is 7.13. The van der Waals surface area contributed by atoms with Gasteiger partial charge in [-0.15, -0.1) is 0 Å². The topological polar surface area (TPSA) is 27.1 Å². The lowest BCUT2D eigenvalue weighted by Gasteiger charge is -2.22. The number of benzene rings is 1. The Morgan fingerprint density at radius 3 is 2.71 bits per heavy atom. The Morgan fingerprint density at radius 2 is 1.96 bits per heavy atom. The van der Waals surface area contributed by atoms with Gasteiger partial charge in [0.1, 0.15) is 6.61 Å². The molecule has 0 atom stereocenters. The van der Waals surface area contributed by atoms with Crippen LogP contribution >= 0.6 is 0 Å². The van der Waals surface area contributed by atoms with Crippen LogP contribution in [0.5, 0.6) is 5.88 Å². The van der Waals surface area contributed by atoms with E-state index in [1.165, 1.54) is 43.2 Å². The van der Waals surface area contributed by atoms with Crippen molar-refractivity contribution in [3.63, 3.8) is 0 Å². The minimum atomic E-state index is 0.620. The van der Waals surface area contributed by atoms with E-state index in [1.807, 2.05) is 0 Å². The maximum atomic E-state index is 6.17. The summed E-state index contributed by atoms with van der Waals surface area (Å²) < 4.78 is 8.30. The fourth-order valence-corrected chi connectivity index (χ4v) is 3.61. The molecule has 2 aromatic rings. The number of hydrogen-bond acceptors (Lipinski definition) is 2. The van der Waals surface area contributed by atoms with E-state index in [9.17, 15) is 0 Å². The molecule has 0 amide bonds. The Labute approximate surface area is 146 Å². The molecule has 0 saturated heterocycles. The molecule has 24 heavy (non-hydrogen) atoms. The van der Waals surface area contributed by atoms with Gasteiger partial charge < -0.3 is 4.74 Å². The molecule has 0 radical (unpaired) electrons. The summed E-state index contributed by atoms with van der Waals surface area (Å²) in [5.41, 5.74) is 3.69. The second kappa shape index (κ2) is 8.36. The van der Waals surface area contributed by atoms with Crippen molar-refractivity contribution in [2.75, 3.05) is 0 Å². The summed E-state index contributed by atoms with van der Waals surface area (Å²) in [5.74, 6) is 1.70. The molecule has 130 valence electrons. The number of rotatable bonds is 7. The zero-order valence-corrected chi connectivity index (χ0v) is 15.1. The molecule has 0 spiro atoms. The highest BCUT2D eigenvalue weighted by atomic mass is 16.5. The highest BCUT2D eigenvalue weighted by molar-refractivity contribution is 5.26. The first-order valence-electron chi connectivity index (χ1n) is 9.50. The third-order valence-electron chi connectivity index (χ3n) is 5.09. The van der Waals surface area contributed by atoms with Crippen molar-refractivity contribution < 1.29 is 4.74 Å². The number of ether oxygens (including phenoxy) is 1. The Balaban J connectivity index is 1.71. The van der Waals surface area contributed by atoms with E-state index in [2.05, 4.69) is 48.9 Å². The lowest BCUT2D eigenvalue weighted by atomic mass is 9.89. The summed E-state index contributed by atoms with van der Waals surface area (Å²) >= 11 is 0. The zero-order chi connectivity index (χ0) is 16.8. The van der Waals surface area contributed by atoms with Crippen LogP contribution in [0, 0.1) is 12.8 Å². The predicted octanol–water partition coefficient (Wildman–Crippen LogP) is 5.30. The Kier molecular flexibility index (Phi) is 5.95. The van der Waals surface area contributed by atoms with E-state index in [-0.39, 0.29) is 0 Å². The van der Waals surface area contributed by atoms with Crippen molar-refractivity contribution >= 4 is 0 Å². The van der Waals surface area contributed by atoms with Crippen molar-refractivity contribution in [2.24, 2.45) is 5.92 Å². The zero-order valence-electron chi connectivity index (χ0n) is 15.1. The van der Waals surface area contributed by atoms with Crippen molar-refractivity contribution in [1.29, 1.82) is 0 Å². The normalized spacial score (nSPS) is 15.6. The maximum absolute atomic E-state index is 6.17. The maximum Gasteiger partial charge on any atom is 0.212 e.